The Morgan fingerprint density at radius 2 is 1.60 bits per heavy atom. The summed E-state index contributed by atoms with van der Waals surface area (Å²) in [5, 5.41) is 2.69. The number of nitrogens with one attached hydrogen (secondary N) is 1. The summed E-state index contributed by atoms with van der Waals surface area (Å²) in [5.74, 6) is -0.134. The summed E-state index contributed by atoms with van der Waals surface area (Å²) in [6.45, 7) is 1.34. The maximum Gasteiger partial charge on any atom is 0.309 e. The summed E-state index contributed by atoms with van der Waals surface area (Å²) in [4.78, 5) is 34.3. The van der Waals surface area contributed by atoms with Gasteiger partial charge in [-0.3, -0.25) is 14.4 Å². The van der Waals surface area contributed by atoms with Crippen LogP contribution in [0.1, 0.15) is 22.8 Å². The van der Waals surface area contributed by atoms with Crippen molar-refractivity contribution in [3.05, 3.63) is 59.7 Å². The van der Waals surface area contributed by atoms with Crippen molar-refractivity contribution in [2.75, 3.05) is 19.0 Å². The van der Waals surface area contributed by atoms with E-state index in [9.17, 15) is 14.4 Å². The lowest BCUT2D eigenvalue weighted by molar-refractivity contribution is -0.139. The minimum absolute atomic E-state index is 0.0307. The molecule has 0 aromatic heterocycles. The number of methoxy groups -OCH3 is 1. The molecule has 0 fully saturated rings. The fraction of sp³-hybridized carbons (Fsp3) is 0.211. The van der Waals surface area contributed by atoms with Crippen LogP contribution in [0.4, 0.5) is 5.69 Å². The van der Waals surface area contributed by atoms with Crippen LogP contribution in [-0.4, -0.2) is 31.4 Å². The molecule has 2 aromatic carbocycles. The van der Waals surface area contributed by atoms with Gasteiger partial charge in [0, 0.05) is 11.3 Å². The van der Waals surface area contributed by atoms with Crippen LogP contribution >= 0.6 is 0 Å². The molecule has 2 aromatic rings. The maximum atomic E-state index is 11.9. The first-order valence-electron chi connectivity index (χ1n) is 7.67. The highest BCUT2D eigenvalue weighted by Gasteiger charge is 2.06. The van der Waals surface area contributed by atoms with Crippen molar-refractivity contribution in [2.45, 2.75) is 13.3 Å². The number of hydrogen-bond donors (Lipinski definition) is 1. The van der Waals surface area contributed by atoms with Gasteiger partial charge in [0.2, 0.25) is 0 Å². The van der Waals surface area contributed by atoms with Gasteiger partial charge in [-0.05, 0) is 48.9 Å². The molecule has 1 amide bonds. The highest BCUT2D eigenvalue weighted by Crippen LogP contribution is 2.14. The second-order valence-corrected chi connectivity index (χ2v) is 5.37. The molecule has 0 saturated carbocycles. The summed E-state index contributed by atoms with van der Waals surface area (Å²) in [6, 6.07) is 13.5. The summed E-state index contributed by atoms with van der Waals surface area (Å²) in [5.41, 5.74) is 1.97. The average Bonchev–Trinajstić information content (AvgIpc) is 2.61. The number of Topliss-reactive ketones (excluding diaryl/α,β-unsaturated/α-hetero) is 1. The van der Waals surface area contributed by atoms with Crippen molar-refractivity contribution in [2.24, 2.45) is 0 Å². The third-order valence-corrected chi connectivity index (χ3v) is 3.44. The zero-order valence-electron chi connectivity index (χ0n) is 14.1. The van der Waals surface area contributed by atoms with Gasteiger partial charge in [0.1, 0.15) is 5.75 Å². The molecular formula is C19H19NO5. The van der Waals surface area contributed by atoms with Crippen LogP contribution in [0.15, 0.2) is 48.5 Å². The van der Waals surface area contributed by atoms with Gasteiger partial charge in [0.05, 0.1) is 13.5 Å². The van der Waals surface area contributed by atoms with Gasteiger partial charge in [-0.15, -0.1) is 0 Å². The molecule has 6 heteroatoms. The number of benzene rings is 2. The first-order chi connectivity index (χ1) is 12.0. The fourth-order valence-corrected chi connectivity index (χ4v) is 2.08. The smallest absolute Gasteiger partial charge is 0.309 e. The number of anilines is 1. The first-order valence-corrected chi connectivity index (χ1v) is 7.67. The number of ether oxygens (including phenoxy) is 2. The minimum Gasteiger partial charge on any atom is -0.484 e. The molecule has 0 radical (unpaired) electrons. The Balaban J connectivity index is 1.83. The van der Waals surface area contributed by atoms with Crippen LogP contribution in [-0.2, 0) is 20.7 Å². The lowest BCUT2D eigenvalue weighted by Gasteiger charge is -2.08. The van der Waals surface area contributed by atoms with E-state index < -0.39 is 0 Å². The summed E-state index contributed by atoms with van der Waals surface area (Å²) < 4.78 is 10.0. The molecule has 0 aliphatic carbocycles. The van der Waals surface area contributed by atoms with Crippen molar-refractivity contribution in [3.63, 3.8) is 0 Å². The average molecular weight is 341 g/mol. The highest BCUT2D eigenvalue weighted by molar-refractivity contribution is 5.95. The predicted octanol–water partition coefficient (Wildman–Crippen LogP) is 2.62. The summed E-state index contributed by atoms with van der Waals surface area (Å²) in [6.07, 6.45) is 0.188. The quantitative estimate of drug-likeness (QED) is 0.618. The Hall–Kier alpha value is -3.15. The molecule has 130 valence electrons. The van der Waals surface area contributed by atoms with E-state index in [0.29, 0.717) is 17.0 Å². The zero-order valence-corrected chi connectivity index (χ0v) is 14.1. The van der Waals surface area contributed by atoms with Crippen molar-refractivity contribution < 1.29 is 23.9 Å². The van der Waals surface area contributed by atoms with Gasteiger partial charge in [-0.1, -0.05) is 12.1 Å². The SMILES string of the molecule is COC(=O)Cc1ccc(OCC(=O)Nc2ccc(C(C)=O)cc2)cc1. The largest absolute Gasteiger partial charge is 0.484 e. The molecule has 6 nitrogen and oxygen atoms in total. The first kappa shape index (κ1) is 18.2. The van der Waals surface area contributed by atoms with Gasteiger partial charge in [0.25, 0.3) is 5.91 Å². The maximum absolute atomic E-state index is 11.9. The second-order valence-electron chi connectivity index (χ2n) is 5.37. The third-order valence-electron chi connectivity index (χ3n) is 3.44. The summed E-state index contributed by atoms with van der Waals surface area (Å²) >= 11 is 0. The number of amides is 1. The fourth-order valence-electron chi connectivity index (χ4n) is 2.08. The molecule has 25 heavy (non-hydrogen) atoms. The minimum atomic E-state index is -0.316. The van der Waals surface area contributed by atoms with E-state index in [-0.39, 0.29) is 30.7 Å². The predicted molar refractivity (Wildman–Crippen MR) is 92.7 cm³/mol. The second kappa shape index (κ2) is 8.63. The molecular weight excluding hydrogens is 322 g/mol. The number of ketones is 1. The van der Waals surface area contributed by atoms with E-state index in [1.807, 2.05) is 0 Å². The zero-order chi connectivity index (χ0) is 18.2. The number of rotatable bonds is 7. The highest BCUT2D eigenvalue weighted by atomic mass is 16.5. The van der Waals surface area contributed by atoms with Gasteiger partial charge in [0.15, 0.2) is 12.4 Å². The van der Waals surface area contributed by atoms with E-state index in [1.54, 1.807) is 48.5 Å². The number of esters is 1. The van der Waals surface area contributed by atoms with E-state index in [1.165, 1.54) is 14.0 Å². The molecule has 2 rings (SSSR count). The molecule has 0 aliphatic rings. The van der Waals surface area contributed by atoms with Crippen molar-refractivity contribution in [1.29, 1.82) is 0 Å². The Kier molecular flexibility index (Phi) is 6.28. The number of hydrogen-bond acceptors (Lipinski definition) is 5. The van der Waals surface area contributed by atoms with E-state index in [0.717, 1.165) is 5.56 Å². The van der Waals surface area contributed by atoms with Crippen LogP contribution in [0, 0.1) is 0 Å². The monoisotopic (exact) mass is 341 g/mol. The Bertz CT molecular complexity index is 750. The number of carbonyl (C=O) groups is 3. The normalized spacial score (nSPS) is 10.0. The van der Waals surface area contributed by atoms with E-state index in [2.05, 4.69) is 10.1 Å². The van der Waals surface area contributed by atoms with Crippen LogP contribution in [0.25, 0.3) is 0 Å². The molecule has 0 unspecified atom stereocenters. The number of carbonyl (C=O) groups excluding carboxylic acids is 3. The lowest BCUT2D eigenvalue weighted by atomic mass is 10.1. The van der Waals surface area contributed by atoms with Crippen LogP contribution in [0.5, 0.6) is 5.75 Å². The van der Waals surface area contributed by atoms with Gasteiger partial charge in [-0.25, -0.2) is 0 Å². The molecule has 0 atom stereocenters. The van der Waals surface area contributed by atoms with Crippen LogP contribution in [0.2, 0.25) is 0 Å². The molecule has 0 spiro atoms. The van der Waals surface area contributed by atoms with E-state index in [4.69, 9.17) is 4.74 Å². The Morgan fingerprint density at radius 3 is 2.16 bits per heavy atom. The molecule has 0 bridgehead atoms. The third kappa shape index (κ3) is 5.76. The Morgan fingerprint density at radius 1 is 0.960 bits per heavy atom. The van der Waals surface area contributed by atoms with Gasteiger partial charge in [-0.2, -0.15) is 0 Å². The van der Waals surface area contributed by atoms with Crippen LogP contribution < -0.4 is 10.1 Å². The van der Waals surface area contributed by atoms with Gasteiger partial charge >= 0.3 is 5.97 Å². The molecule has 0 saturated heterocycles. The van der Waals surface area contributed by atoms with Crippen molar-refractivity contribution in [1.82, 2.24) is 0 Å². The molecule has 0 aliphatic heterocycles. The van der Waals surface area contributed by atoms with Crippen molar-refractivity contribution in [3.8, 4) is 5.75 Å². The van der Waals surface area contributed by atoms with Crippen molar-refractivity contribution >= 4 is 23.3 Å². The topological polar surface area (TPSA) is 81.7 Å². The Labute approximate surface area is 145 Å². The lowest BCUT2D eigenvalue weighted by Crippen LogP contribution is -2.20. The summed E-state index contributed by atoms with van der Waals surface area (Å²) in [7, 11) is 1.34. The van der Waals surface area contributed by atoms with Gasteiger partial charge < -0.3 is 14.8 Å². The molecule has 0 heterocycles. The standard InChI is InChI=1S/C19H19NO5/c1-13(21)15-5-7-16(8-6-15)20-18(22)12-25-17-9-3-14(4-10-17)11-19(23)24-2/h3-10H,11-12H2,1-2H3,(H,20,22). The van der Waals surface area contributed by atoms with E-state index >= 15 is 0 Å². The molecule has 1 N–H and O–H groups in total. The van der Waals surface area contributed by atoms with Crippen LogP contribution in [0.3, 0.4) is 0 Å².